The van der Waals surface area contributed by atoms with E-state index < -0.39 is 0 Å². The number of amides is 3. The summed E-state index contributed by atoms with van der Waals surface area (Å²) in [5, 5.41) is 7.87. The summed E-state index contributed by atoms with van der Waals surface area (Å²) >= 11 is 7.63. The number of amidine groups is 1. The fraction of sp³-hybridized carbons (Fsp3) is 0.300. The zero-order valence-electron chi connectivity index (χ0n) is 22.7. The minimum Gasteiger partial charge on any atom is -0.449 e. The number of nitrogens with zero attached hydrogens (tertiary/aromatic N) is 3. The van der Waals surface area contributed by atoms with Crippen LogP contribution < -0.4 is 10.6 Å². The zero-order chi connectivity index (χ0) is 28.9. The van der Waals surface area contributed by atoms with Crippen molar-refractivity contribution in [1.82, 2.24) is 9.88 Å². The molecule has 212 valence electrons. The first kappa shape index (κ1) is 28.6. The maximum atomic E-state index is 13.0. The summed E-state index contributed by atoms with van der Waals surface area (Å²) < 4.78 is 5.30. The highest BCUT2D eigenvalue weighted by atomic mass is 35.5. The van der Waals surface area contributed by atoms with Crippen molar-refractivity contribution in [2.24, 2.45) is 16.8 Å². The van der Waals surface area contributed by atoms with E-state index in [0.717, 1.165) is 16.5 Å². The number of aliphatic imine (C=N–C) groups is 1. The number of likely N-dealkylation sites (tertiary alicyclic amines) is 1. The van der Waals surface area contributed by atoms with Crippen LogP contribution in [-0.4, -0.2) is 52.7 Å². The Bertz CT molecular complexity index is 1550. The van der Waals surface area contributed by atoms with Crippen LogP contribution in [0.5, 0.6) is 0 Å². The van der Waals surface area contributed by atoms with E-state index >= 15 is 0 Å². The fourth-order valence-electron chi connectivity index (χ4n) is 4.51. The molecule has 2 aliphatic heterocycles. The first-order valence-electron chi connectivity index (χ1n) is 13.4. The minimum absolute atomic E-state index is 0.118. The Labute approximate surface area is 247 Å². The van der Waals surface area contributed by atoms with E-state index in [-0.39, 0.29) is 29.7 Å². The number of piperidine rings is 1. The highest BCUT2D eigenvalue weighted by Gasteiger charge is 2.28. The summed E-state index contributed by atoms with van der Waals surface area (Å²) in [7, 11) is 0. The van der Waals surface area contributed by atoms with Crippen molar-refractivity contribution >= 4 is 74.8 Å². The third kappa shape index (κ3) is 7.25. The number of benzene rings is 2. The molecule has 0 unspecified atom stereocenters. The van der Waals surface area contributed by atoms with Crippen LogP contribution in [0.15, 0.2) is 64.6 Å². The van der Waals surface area contributed by atoms with Crippen molar-refractivity contribution in [2.75, 3.05) is 30.3 Å². The first-order chi connectivity index (χ1) is 19.7. The van der Waals surface area contributed by atoms with Gasteiger partial charge in [0, 0.05) is 36.3 Å². The average Bonchev–Trinajstić information content (AvgIpc) is 3.31. The van der Waals surface area contributed by atoms with Gasteiger partial charge in [0.1, 0.15) is 0 Å². The molecule has 3 aromatic rings. The monoisotopic (exact) mass is 591 g/mol. The molecule has 0 spiro atoms. The summed E-state index contributed by atoms with van der Waals surface area (Å²) in [5.41, 5.74) is 2.84. The molecule has 41 heavy (non-hydrogen) atoms. The Morgan fingerprint density at radius 1 is 1.17 bits per heavy atom. The van der Waals surface area contributed by atoms with Crippen LogP contribution in [0, 0.1) is 11.8 Å². The molecule has 0 atom stereocenters. The molecule has 0 aliphatic carbocycles. The molecule has 0 saturated carbocycles. The summed E-state index contributed by atoms with van der Waals surface area (Å²) in [6.45, 7) is 5.30. The highest BCUT2D eigenvalue weighted by molar-refractivity contribution is 8.18. The number of halogens is 1. The van der Waals surface area contributed by atoms with Gasteiger partial charge in [-0.1, -0.05) is 37.6 Å². The van der Waals surface area contributed by atoms with Gasteiger partial charge < -0.3 is 20.3 Å². The zero-order valence-corrected chi connectivity index (χ0v) is 24.3. The van der Waals surface area contributed by atoms with E-state index in [2.05, 4.69) is 20.6 Å². The molecule has 5 rings (SSSR count). The maximum Gasteiger partial charge on any atom is 0.409 e. The Morgan fingerprint density at radius 3 is 2.76 bits per heavy atom. The molecule has 0 radical (unpaired) electrons. The lowest BCUT2D eigenvalue weighted by atomic mass is 9.96. The van der Waals surface area contributed by atoms with Gasteiger partial charge in [-0.15, -0.1) is 0 Å². The third-order valence-corrected chi connectivity index (χ3v) is 7.91. The molecule has 1 fully saturated rings. The smallest absolute Gasteiger partial charge is 0.409 e. The van der Waals surface area contributed by atoms with Gasteiger partial charge >= 0.3 is 6.09 Å². The van der Waals surface area contributed by atoms with Gasteiger partial charge in [0.2, 0.25) is 5.91 Å². The third-order valence-electron chi connectivity index (χ3n) is 6.68. The summed E-state index contributed by atoms with van der Waals surface area (Å²) in [6, 6.07) is 14.7. The second kappa shape index (κ2) is 12.7. The van der Waals surface area contributed by atoms with Crippen molar-refractivity contribution in [3.63, 3.8) is 0 Å². The van der Waals surface area contributed by atoms with Crippen molar-refractivity contribution in [3.05, 3.63) is 70.2 Å². The summed E-state index contributed by atoms with van der Waals surface area (Å²) in [5.74, 6) is -0.411. The van der Waals surface area contributed by atoms with Gasteiger partial charge in [0.15, 0.2) is 5.17 Å². The number of hydrogen-bond acceptors (Lipinski definition) is 7. The van der Waals surface area contributed by atoms with Gasteiger partial charge in [-0.3, -0.25) is 14.6 Å². The molecular formula is C30H30ClN5O4S. The minimum atomic E-state index is -0.344. The number of fused-ring (bicyclic) bond motifs is 1. The molecule has 11 heteroatoms. The maximum absolute atomic E-state index is 13.0. The summed E-state index contributed by atoms with van der Waals surface area (Å²) in [6.07, 6.45) is 4.32. The van der Waals surface area contributed by atoms with Crippen LogP contribution >= 0.6 is 23.4 Å². The van der Waals surface area contributed by atoms with E-state index in [0.29, 0.717) is 59.0 Å². The summed E-state index contributed by atoms with van der Waals surface area (Å²) in [4.78, 5) is 48.4. The molecule has 2 N–H and O–H groups in total. The lowest BCUT2D eigenvalue weighted by Gasteiger charge is -2.30. The molecule has 3 amide bonds. The normalized spacial score (nSPS) is 16.8. The number of anilines is 2. The van der Waals surface area contributed by atoms with E-state index in [1.807, 2.05) is 44.2 Å². The largest absolute Gasteiger partial charge is 0.449 e. The quantitative estimate of drug-likeness (QED) is 0.318. The van der Waals surface area contributed by atoms with Crippen LogP contribution in [0.4, 0.5) is 16.2 Å². The van der Waals surface area contributed by atoms with Crippen molar-refractivity contribution in [3.8, 4) is 0 Å². The van der Waals surface area contributed by atoms with Crippen LogP contribution in [0.2, 0.25) is 5.02 Å². The van der Waals surface area contributed by atoms with E-state index in [4.69, 9.17) is 16.3 Å². The number of pyridine rings is 1. The van der Waals surface area contributed by atoms with Crippen LogP contribution in [0.25, 0.3) is 17.0 Å². The number of nitrogens with one attached hydrogen (secondary N) is 2. The van der Waals surface area contributed by atoms with Gasteiger partial charge in [-0.2, -0.15) is 4.99 Å². The lowest BCUT2D eigenvalue weighted by molar-refractivity contribution is -0.121. The van der Waals surface area contributed by atoms with Crippen LogP contribution in [0.1, 0.15) is 32.3 Å². The molecule has 0 bridgehead atoms. The molecule has 1 aromatic heterocycles. The Balaban J connectivity index is 1.18. The van der Waals surface area contributed by atoms with Crippen LogP contribution in [0.3, 0.4) is 0 Å². The second-order valence-corrected chi connectivity index (χ2v) is 11.8. The fourth-order valence-corrected chi connectivity index (χ4v) is 5.50. The predicted octanol–water partition coefficient (Wildman–Crippen LogP) is 6.41. The van der Waals surface area contributed by atoms with E-state index in [1.165, 1.54) is 11.8 Å². The number of ether oxygens (including phenoxy) is 1. The molecule has 9 nitrogen and oxygen atoms in total. The van der Waals surface area contributed by atoms with Gasteiger partial charge in [0.05, 0.1) is 27.7 Å². The van der Waals surface area contributed by atoms with Crippen molar-refractivity contribution < 1.29 is 19.1 Å². The molecule has 2 aliphatic rings. The molecular weight excluding hydrogens is 562 g/mol. The Hall–Kier alpha value is -3.89. The van der Waals surface area contributed by atoms with E-state index in [9.17, 15) is 14.4 Å². The number of aromatic nitrogens is 1. The van der Waals surface area contributed by atoms with Crippen molar-refractivity contribution in [1.29, 1.82) is 0 Å². The topological polar surface area (TPSA) is 113 Å². The Kier molecular flexibility index (Phi) is 8.90. The van der Waals surface area contributed by atoms with Gasteiger partial charge in [-0.05, 0) is 78.6 Å². The highest BCUT2D eigenvalue weighted by Crippen LogP contribution is 2.33. The number of carbonyl (C=O) groups excluding carboxylic acids is 3. The van der Waals surface area contributed by atoms with Crippen LogP contribution in [-0.2, 0) is 14.3 Å². The number of thioether (sulfide) groups is 1. The molecule has 2 aromatic carbocycles. The number of rotatable bonds is 6. The van der Waals surface area contributed by atoms with Gasteiger partial charge in [-0.25, -0.2) is 4.79 Å². The Morgan fingerprint density at radius 2 is 1.98 bits per heavy atom. The van der Waals surface area contributed by atoms with Crippen molar-refractivity contribution in [2.45, 2.75) is 26.7 Å². The number of hydrogen-bond donors (Lipinski definition) is 2. The standard InChI is InChI=1S/C30H30ClN5O4S/c1-18(2)17-40-30(39)36-12-9-20(10-13-36)27(37)33-22-6-7-23(31)25(16-22)34-29-35-28(38)26(41-29)15-19-5-8-24-21(14-19)4-3-11-32-24/h3-8,11,14-16,18,20H,9-10,12-13,17H2,1-2H3,(H,33,37)(H,34,35,38). The van der Waals surface area contributed by atoms with Gasteiger partial charge in [0.25, 0.3) is 5.91 Å². The predicted molar refractivity (Wildman–Crippen MR) is 164 cm³/mol. The average molecular weight is 592 g/mol. The van der Waals surface area contributed by atoms with E-state index in [1.54, 1.807) is 35.4 Å². The molecule has 1 saturated heterocycles. The second-order valence-electron chi connectivity index (χ2n) is 10.3. The SMILES string of the molecule is CC(C)COC(=O)N1CCC(C(=O)Nc2ccc(Cl)c(NC3=NC(=O)C(=Cc4ccc5ncccc5c4)S3)c2)CC1. The lowest BCUT2D eigenvalue weighted by Crippen LogP contribution is -2.42. The number of carbonyl (C=O) groups is 3. The molecule has 3 heterocycles. The first-order valence-corrected chi connectivity index (χ1v) is 14.6.